The number of rotatable bonds is 4. The predicted octanol–water partition coefficient (Wildman–Crippen LogP) is 3.18. The summed E-state index contributed by atoms with van der Waals surface area (Å²) in [5.74, 6) is 0. The van der Waals surface area contributed by atoms with Gasteiger partial charge < -0.3 is 5.32 Å². The summed E-state index contributed by atoms with van der Waals surface area (Å²) in [5.41, 5.74) is 2.42. The third-order valence-corrected chi connectivity index (χ3v) is 4.46. The van der Waals surface area contributed by atoms with Gasteiger partial charge in [-0.15, -0.1) is 0 Å². The normalized spacial score (nSPS) is 12.7. The van der Waals surface area contributed by atoms with Crippen molar-refractivity contribution < 1.29 is 0 Å². The van der Waals surface area contributed by atoms with Crippen LogP contribution >= 0.6 is 34.2 Å². The standard InChI is InChI=1S/C13H15ClIN3/c1-16-13(5-9-7-17-18(2)8-9)10-3-4-12(15)11(14)6-10/h3-4,6-8,13,16H,5H2,1-2H3. The van der Waals surface area contributed by atoms with Crippen molar-refractivity contribution >= 4 is 34.2 Å². The molecular formula is C13H15ClIN3. The zero-order valence-electron chi connectivity index (χ0n) is 10.3. The van der Waals surface area contributed by atoms with Crippen LogP contribution in [0.2, 0.25) is 5.02 Å². The Bertz CT molecular complexity index is 539. The van der Waals surface area contributed by atoms with Gasteiger partial charge in [0.25, 0.3) is 0 Å². The molecule has 1 heterocycles. The highest BCUT2D eigenvalue weighted by molar-refractivity contribution is 14.1. The quantitative estimate of drug-likeness (QED) is 0.832. The van der Waals surface area contributed by atoms with Crippen molar-refractivity contribution in [2.45, 2.75) is 12.5 Å². The van der Waals surface area contributed by atoms with Crippen LogP contribution in [-0.2, 0) is 13.5 Å². The minimum Gasteiger partial charge on any atom is -0.313 e. The summed E-state index contributed by atoms with van der Waals surface area (Å²) in [4.78, 5) is 0. The lowest BCUT2D eigenvalue weighted by Crippen LogP contribution is -2.18. The molecule has 1 unspecified atom stereocenters. The van der Waals surface area contributed by atoms with Gasteiger partial charge in [0.15, 0.2) is 0 Å². The molecule has 5 heteroatoms. The van der Waals surface area contributed by atoms with Gasteiger partial charge in [-0.3, -0.25) is 4.68 Å². The molecule has 1 N–H and O–H groups in total. The van der Waals surface area contributed by atoms with E-state index in [0.29, 0.717) is 0 Å². The molecule has 0 saturated heterocycles. The fourth-order valence-corrected chi connectivity index (χ4v) is 2.45. The van der Waals surface area contributed by atoms with Crippen molar-refractivity contribution in [1.29, 1.82) is 0 Å². The lowest BCUT2D eigenvalue weighted by molar-refractivity contribution is 0.591. The second-order valence-corrected chi connectivity index (χ2v) is 5.81. The van der Waals surface area contributed by atoms with Crippen LogP contribution in [0.15, 0.2) is 30.6 Å². The van der Waals surface area contributed by atoms with E-state index in [2.05, 4.69) is 39.1 Å². The molecular weight excluding hydrogens is 361 g/mol. The van der Waals surface area contributed by atoms with E-state index >= 15 is 0 Å². The van der Waals surface area contributed by atoms with E-state index < -0.39 is 0 Å². The minimum absolute atomic E-state index is 0.253. The SMILES string of the molecule is CNC(Cc1cnn(C)c1)c1ccc(I)c(Cl)c1. The summed E-state index contributed by atoms with van der Waals surface area (Å²) in [6.07, 6.45) is 4.85. The van der Waals surface area contributed by atoms with E-state index in [0.717, 1.165) is 15.0 Å². The number of likely N-dealkylation sites (N-methyl/N-ethyl adjacent to an activating group) is 1. The Hall–Kier alpha value is -0.590. The molecule has 0 aliphatic carbocycles. The number of nitrogens with zero attached hydrogens (tertiary/aromatic N) is 2. The number of nitrogens with one attached hydrogen (secondary N) is 1. The Balaban J connectivity index is 2.19. The maximum atomic E-state index is 6.17. The predicted molar refractivity (Wildman–Crippen MR) is 82.9 cm³/mol. The highest BCUT2D eigenvalue weighted by Gasteiger charge is 2.12. The number of hydrogen-bond acceptors (Lipinski definition) is 2. The summed E-state index contributed by atoms with van der Waals surface area (Å²) in [7, 11) is 3.90. The molecule has 0 saturated carbocycles. The van der Waals surface area contributed by atoms with Crippen LogP contribution in [-0.4, -0.2) is 16.8 Å². The van der Waals surface area contributed by atoms with Crippen LogP contribution in [0.5, 0.6) is 0 Å². The Morgan fingerprint density at radius 3 is 2.83 bits per heavy atom. The molecule has 0 spiro atoms. The third kappa shape index (κ3) is 3.24. The number of aryl methyl sites for hydroxylation is 1. The summed E-state index contributed by atoms with van der Waals surface area (Å²) in [5, 5.41) is 8.32. The molecule has 2 rings (SSSR count). The smallest absolute Gasteiger partial charge is 0.0542 e. The lowest BCUT2D eigenvalue weighted by atomic mass is 10.0. The fourth-order valence-electron chi connectivity index (χ4n) is 1.93. The maximum absolute atomic E-state index is 6.17. The molecule has 1 aromatic heterocycles. The summed E-state index contributed by atoms with van der Waals surface area (Å²) < 4.78 is 2.90. The van der Waals surface area contributed by atoms with Gasteiger partial charge >= 0.3 is 0 Å². The van der Waals surface area contributed by atoms with Crippen LogP contribution in [0, 0.1) is 3.57 Å². The Morgan fingerprint density at radius 2 is 2.28 bits per heavy atom. The molecule has 0 aliphatic heterocycles. The second-order valence-electron chi connectivity index (χ2n) is 4.24. The average Bonchev–Trinajstić information content (AvgIpc) is 2.75. The number of halogens is 2. The van der Waals surface area contributed by atoms with Crippen LogP contribution in [0.3, 0.4) is 0 Å². The number of benzene rings is 1. The van der Waals surface area contributed by atoms with Gasteiger partial charge in [-0.25, -0.2) is 0 Å². The van der Waals surface area contributed by atoms with Gasteiger partial charge in [-0.1, -0.05) is 17.7 Å². The number of hydrogen-bond donors (Lipinski definition) is 1. The molecule has 0 aliphatic rings. The van der Waals surface area contributed by atoms with Gasteiger partial charge in [-0.2, -0.15) is 5.10 Å². The summed E-state index contributed by atoms with van der Waals surface area (Å²) in [6, 6.07) is 6.45. The van der Waals surface area contributed by atoms with Crippen LogP contribution in [0.25, 0.3) is 0 Å². The molecule has 0 fully saturated rings. The van der Waals surface area contributed by atoms with Crippen molar-refractivity contribution in [2.75, 3.05) is 7.05 Å². The minimum atomic E-state index is 0.253. The van der Waals surface area contributed by atoms with Gasteiger partial charge in [0.2, 0.25) is 0 Å². The molecule has 1 aromatic carbocycles. The highest BCUT2D eigenvalue weighted by atomic mass is 127. The molecule has 0 radical (unpaired) electrons. The van der Waals surface area contributed by atoms with Gasteiger partial charge in [0, 0.05) is 22.9 Å². The molecule has 3 nitrogen and oxygen atoms in total. The van der Waals surface area contributed by atoms with Crippen molar-refractivity contribution in [2.24, 2.45) is 7.05 Å². The zero-order chi connectivity index (χ0) is 13.1. The van der Waals surface area contributed by atoms with Crippen LogP contribution < -0.4 is 5.32 Å². The molecule has 0 amide bonds. The Kier molecular flexibility index (Phi) is 4.64. The maximum Gasteiger partial charge on any atom is 0.0542 e. The first kappa shape index (κ1) is 13.8. The third-order valence-electron chi connectivity index (χ3n) is 2.89. The first-order valence-electron chi connectivity index (χ1n) is 5.70. The van der Waals surface area contributed by atoms with E-state index in [9.17, 15) is 0 Å². The first-order valence-corrected chi connectivity index (χ1v) is 7.15. The second kappa shape index (κ2) is 6.04. The van der Waals surface area contributed by atoms with Crippen LogP contribution in [0.1, 0.15) is 17.2 Å². The highest BCUT2D eigenvalue weighted by Crippen LogP contribution is 2.25. The van der Waals surface area contributed by atoms with Crippen molar-refractivity contribution in [3.8, 4) is 0 Å². The van der Waals surface area contributed by atoms with Crippen molar-refractivity contribution in [3.63, 3.8) is 0 Å². The molecule has 96 valence electrons. The van der Waals surface area contributed by atoms with E-state index in [-0.39, 0.29) is 6.04 Å². The molecule has 2 aromatic rings. The molecule has 1 atom stereocenters. The Morgan fingerprint density at radius 1 is 1.50 bits per heavy atom. The van der Waals surface area contributed by atoms with Crippen molar-refractivity contribution in [1.82, 2.24) is 15.1 Å². The summed E-state index contributed by atoms with van der Waals surface area (Å²) in [6.45, 7) is 0. The van der Waals surface area contributed by atoms with Gasteiger partial charge in [0.1, 0.15) is 0 Å². The van der Waals surface area contributed by atoms with E-state index in [4.69, 9.17) is 11.6 Å². The molecule has 18 heavy (non-hydrogen) atoms. The van der Waals surface area contributed by atoms with Crippen molar-refractivity contribution in [3.05, 3.63) is 50.3 Å². The monoisotopic (exact) mass is 375 g/mol. The lowest BCUT2D eigenvalue weighted by Gasteiger charge is -2.16. The van der Waals surface area contributed by atoms with E-state index in [1.165, 1.54) is 11.1 Å². The van der Waals surface area contributed by atoms with E-state index in [1.807, 2.05) is 43.3 Å². The molecule has 0 bridgehead atoms. The van der Waals surface area contributed by atoms with E-state index in [1.54, 1.807) is 0 Å². The largest absolute Gasteiger partial charge is 0.313 e. The van der Waals surface area contributed by atoms with Crippen LogP contribution in [0.4, 0.5) is 0 Å². The average molecular weight is 376 g/mol. The summed E-state index contributed by atoms with van der Waals surface area (Å²) >= 11 is 8.41. The Labute approximate surface area is 126 Å². The zero-order valence-corrected chi connectivity index (χ0v) is 13.2. The number of aromatic nitrogens is 2. The van der Waals surface area contributed by atoms with Gasteiger partial charge in [-0.05, 0) is 59.3 Å². The van der Waals surface area contributed by atoms with Gasteiger partial charge in [0.05, 0.1) is 11.2 Å². The topological polar surface area (TPSA) is 29.9 Å². The first-order chi connectivity index (χ1) is 8.60. The fraction of sp³-hybridized carbons (Fsp3) is 0.308.